The van der Waals surface area contributed by atoms with Gasteiger partial charge in [-0.1, -0.05) is 110 Å². The number of rotatable bonds is 21. The molecular formula is C26H48O4. The molecule has 0 saturated heterocycles. The van der Waals surface area contributed by atoms with Crippen molar-refractivity contribution in [2.45, 2.75) is 136 Å². The number of ether oxygens (including phenoxy) is 2. The Bertz CT molecular complexity index is 431. The van der Waals surface area contributed by atoms with Crippen LogP contribution in [0.25, 0.3) is 0 Å². The van der Waals surface area contributed by atoms with Crippen LogP contribution in [0.2, 0.25) is 0 Å². The van der Waals surface area contributed by atoms with Gasteiger partial charge in [-0.3, -0.25) is 0 Å². The molecule has 0 fully saturated rings. The van der Waals surface area contributed by atoms with Crippen molar-refractivity contribution in [1.82, 2.24) is 0 Å². The van der Waals surface area contributed by atoms with E-state index in [-0.39, 0.29) is 6.10 Å². The fraction of sp³-hybridized carbons (Fsp3) is 0.846. The summed E-state index contributed by atoms with van der Waals surface area (Å²) in [6.45, 7) is 6.45. The van der Waals surface area contributed by atoms with E-state index in [1.54, 1.807) is 0 Å². The molecule has 0 aliphatic carbocycles. The average molecular weight is 425 g/mol. The normalized spacial score (nSPS) is 12.2. The highest BCUT2D eigenvalue weighted by Gasteiger charge is 2.05. The minimum Gasteiger partial charge on any atom is -0.463 e. The molecule has 0 aliphatic heterocycles. The van der Waals surface area contributed by atoms with Crippen LogP contribution < -0.4 is 0 Å². The Morgan fingerprint density at radius 2 is 1.03 bits per heavy atom. The molecule has 0 aromatic heterocycles. The Balaban J connectivity index is 3.31. The maximum Gasteiger partial charge on any atom is 0.331 e. The average Bonchev–Trinajstić information content (AvgIpc) is 2.74. The van der Waals surface area contributed by atoms with Crippen molar-refractivity contribution in [3.8, 4) is 0 Å². The zero-order valence-corrected chi connectivity index (χ0v) is 20.1. The van der Waals surface area contributed by atoms with Crippen LogP contribution in [0.5, 0.6) is 0 Å². The standard InChI is InChI=1S/C26H48O4/c1-4-6-7-8-9-10-11-12-13-14-15-16-17-18-19-20-23-29-25(27)21-22-26(28)30-24(3)5-2/h21-22,24H,4-20,23H2,1-3H3/b22-21+. The molecule has 0 aromatic carbocycles. The fourth-order valence-corrected chi connectivity index (χ4v) is 3.33. The predicted molar refractivity (Wildman–Crippen MR) is 125 cm³/mol. The molecular weight excluding hydrogens is 376 g/mol. The van der Waals surface area contributed by atoms with Gasteiger partial charge in [-0.25, -0.2) is 9.59 Å². The predicted octanol–water partition coefficient (Wildman–Crippen LogP) is 7.69. The summed E-state index contributed by atoms with van der Waals surface area (Å²) in [5.41, 5.74) is 0. The largest absolute Gasteiger partial charge is 0.463 e. The van der Waals surface area contributed by atoms with Gasteiger partial charge in [-0.05, 0) is 19.8 Å². The van der Waals surface area contributed by atoms with Gasteiger partial charge in [0.25, 0.3) is 0 Å². The second-order valence-electron chi connectivity index (χ2n) is 8.46. The van der Waals surface area contributed by atoms with Crippen LogP contribution in [0.1, 0.15) is 130 Å². The molecule has 1 unspecified atom stereocenters. The lowest BCUT2D eigenvalue weighted by atomic mass is 10.0. The Hall–Kier alpha value is -1.32. The third-order valence-electron chi connectivity index (χ3n) is 5.49. The summed E-state index contributed by atoms with van der Waals surface area (Å²) >= 11 is 0. The first-order valence-corrected chi connectivity index (χ1v) is 12.7. The molecule has 0 N–H and O–H groups in total. The van der Waals surface area contributed by atoms with Crippen molar-refractivity contribution in [2.24, 2.45) is 0 Å². The quantitative estimate of drug-likeness (QED) is 0.108. The molecule has 4 heteroatoms. The van der Waals surface area contributed by atoms with Gasteiger partial charge in [-0.2, -0.15) is 0 Å². The number of esters is 2. The summed E-state index contributed by atoms with van der Waals surface area (Å²) in [6.07, 6.45) is 24.0. The van der Waals surface area contributed by atoms with Crippen molar-refractivity contribution in [3.05, 3.63) is 12.2 Å². The fourth-order valence-electron chi connectivity index (χ4n) is 3.33. The van der Waals surface area contributed by atoms with E-state index in [1.165, 1.54) is 89.9 Å². The first-order valence-electron chi connectivity index (χ1n) is 12.7. The number of carbonyl (C=O) groups excluding carboxylic acids is 2. The van der Waals surface area contributed by atoms with E-state index in [9.17, 15) is 9.59 Å². The summed E-state index contributed by atoms with van der Waals surface area (Å²) in [4.78, 5) is 23.0. The molecule has 0 saturated carbocycles. The Labute approximate surface area is 186 Å². The summed E-state index contributed by atoms with van der Waals surface area (Å²) < 4.78 is 10.2. The summed E-state index contributed by atoms with van der Waals surface area (Å²) in [5.74, 6) is -0.972. The van der Waals surface area contributed by atoms with Crippen molar-refractivity contribution >= 4 is 11.9 Å². The molecule has 1 atom stereocenters. The number of unbranched alkanes of at least 4 members (excludes halogenated alkanes) is 15. The van der Waals surface area contributed by atoms with Gasteiger partial charge in [0, 0.05) is 12.2 Å². The number of hydrogen-bond acceptors (Lipinski definition) is 4. The molecule has 0 amide bonds. The molecule has 0 spiro atoms. The lowest BCUT2D eigenvalue weighted by Gasteiger charge is -2.07. The van der Waals surface area contributed by atoms with Crippen LogP contribution in [0.4, 0.5) is 0 Å². The van der Waals surface area contributed by atoms with Crippen LogP contribution in [0.15, 0.2) is 12.2 Å². The van der Waals surface area contributed by atoms with E-state index < -0.39 is 11.9 Å². The summed E-state index contributed by atoms with van der Waals surface area (Å²) in [5, 5.41) is 0. The zero-order valence-electron chi connectivity index (χ0n) is 20.1. The first-order chi connectivity index (χ1) is 14.6. The van der Waals surface area contributed by atoms with Gasteiger partial charge in [0.2, 0.25) is 0 Å². The second-order valence-corrected chi connectivity index (χ2v) is 8.46. The van der Waals surface area contributed by atoms with Crippen molar-refractivity contribution in [1.29, 1.82) is 0 Å². The van der Waals surface area contributed by atoms with Gasteiger partial charge in [0.05, 0.1) is 12.7 Å². The number of hydrogen-bond donors (Lipinski definition) is 0. The highest BCUT2D eigenvalue weighted by Crippen LogP contribution is 2.13. The van der Waals surface area contributed by atoms with Gasteiger partial charge >= 0.3 is 11.9 Å². The van der Waals surface area contributed by atoms with Gasteiger partial charge in [0.1, 0.15) is 0 Å². The first kappa shape index (κ1) is 28.7. The minimum absolute atomic E-state index is 0.136. The van der Waals surface area contributed by atoms with Gasteiger partial charge < -0.3 is 9.47 Å². The maximum atomic E-state index is 11.5. The van der Waals surface area contributed by atoms with E-state index >= 15 is 0 Å². The lowest BCUT2D eigenvalue weighted by Crippen LogP contribution is -2.12. The van der Waals surface area contributed by atoms with E-state index in [0.29, 0.717) is 6.61 Å². The molecule has 0 aromatic rings. The third kappa shape index (κ3) is 21.4. The Morgan fingerprint density at radius 1 is 0.633 bits per heavy atom. The Morgan fingerprint density at radius 3 is 1.47 bits per heavy atom. The molecule has 0 rings (SSSR count). The molecule has 4 nitrogen and oxygen atoms in total. The van der Waals surface area contributed by atoms with Crippen molar-refractivity contribution < 1.29 is 19.1 Å². The third-order valence-corrected chi connectivity index (χ3v) is 5.49. The van der Waals surface area contributed by atoms with Crippen LogP contribution in [-0.2, 0) is 19.1 Å². The van der Waals surface area contributed by atoms with E-state index in [4.69, 9.17) is 9.47 Å². The lowest BCUT2D eigenvalue weighted by molar-refractivity contribution is -0.143. The maximum absolute atomic E-state index is 11.5. The van der Waals surface area contributed by atoms with E-state index in [1.807, 2.05) is 13.8 Å². The van der Waals surface area contributed by atoms with E-state index in [0.717, 1.165) is 31.4 Å². The SMILES string of the molecule is CCCCCCCCCCCCCCCCCCOC(=O)/C=C/C(=O)OC(C)CC. The molecule has 0 aliphatic rings. The molecule has 176 valence electrons. The highest BCUT2D eigenvalue weighted by atomic mass is 16.5. The summed E-state index contributed by atoms with van der Waals surface area (Å²) in [6, 6.07) is 0. The number of carbonyl (C=O) groups is 2. The van der Waals surface area contributed by atoms with Gasteiger partial charge in [-0.15, -0.1) is 0 Å². The topological polar surface area (TPSA) is 52.6 Å². The van der Waals surface area contributed by atoms with Crippen LogP contribution in [-0.4, -0.2) is 24.6 Å². The van der Waals surface area contributed by atoms with Crippen molar-refractivity contribution in [3.63, 3.8) is 0 Å². The van der Waals surface area contributed by atoms with Gasteiger partial charge in [0.15, 0.2) is 0 Å². The summed E-state index contributed by atoms with van der Waals surface area (Å²) in [7, 11) is 0. The smallest absolute Gasteiger partial charge is 0.331 e. The second kappa shape index (κ2) is 22.4. The molecule has 30 heavy (non-hydrogen) atoms. The van der Waals surface area contributed by atoms with Crippen LogP contribution >= 0.6 is 0 Å². The molecule has 0 bridgehead atoms. The minimum atomic E-state index is -0.497. The molecule has 0 heterocycles. The highest BCUT2D eigenvalue weighted by molar-refractivity contribution is 5.91. The van der Waals surface area contributed by atoms with Crippen LogP contribution in [0.3, 0.4) is 0 Å². The monoisotopic (exact) mass is 424 g/mol. The molecule has 0 radical (unpaired) electrons. The zero-order chi connectivity index (χ0) is 22.3. The van der Waals surface area contributed by atoms with E-state index in [2.05, 4.69) is 6.92 Å². The Kier molecular flexibility index (Phi) is 21.4. The van der Waals surface area contributed by atoms with Crippen LogP contribution in [0, 0.1) is 0 Å². The van der Waals surface area contributed by atoms with Crippen molar-refractivity contribution in [2.75, 3.05) is 6.61 Å².